The third-order valence-corrected chi connectivity index (χ3v) is 5.35. The Morgan fingerprint density at radius 3 is 2.58 bits per heavy atom. The average Bonchev–Trinajstić information content (AvgIpc) is 2.56. The first-order chi connectivity index (χ1) is 8.78. The number of halogens is 1. The highest BCUT2D eigenvalue weighted by molar-refractivity contribution is 7.91. The topological polar surface area (TPSA) is 51.2 Å². The second-order valence-electron chi connectivity index (χ2n) is 5.34. The number of sulfone groups is 1. The van der Waals surface area contributed by atoms with Crippen LogP contribution in [0.1, 0.15) is 34.3 Å². The lowest BCUT2D eigenvalue weighted by molar-refractivity contribution is 0.0961. The van der Waals surface area contributed by atoms with Crippen molar-refractivity contribution in [3.05, 3.63) is 34.6 Å². The van der Waals surface area contributed by atoms with Gasteiger partial charge in [0.15, 0.2) is 15.6 Å². The van der Waals surface area contributed by atoms with Gasteiger partial charge in [0.25, 0.3) is 0 Å². The number of benzene rings is 1. The summed E-state index contributed by atoms with van der Waals surface area (Å²) in [4.78, 5) is 12.1. The Bertz CT molecular complexity index is 597. The minimum Gasteiger partial charge on any atom is -0.294 e. The van der Waals surface area contributed by atoms with E-state index >= 15 is 0 Å². The van der Waals surface area contributed by atoms with E-state index in [2.05, 4.69) is 0 Å². The van der Waals surface area contributed by atoms with Crippen LogP contribution in [0.5, 0.6) is 0 Å². The quantitative estimate of drug-likeness (QED) is 0.801. The second-order valence-corrected chi connectivity index (χ2v) is 7.56. The molecule has 1 unspecified atom stereocenters. The fraction of sp³-hybridized carbons (Fsp3) is 0.500. The van der Waals surface area contributed by atoms with Crippen molar-refractivity contribution in [3.63, 3.8) is 0 Å². The highest BCUT2D eigenvalue weighted by Crippen LogP contribution is 2.25. The molecule has 0 aromatic heterocycles. The normalized spacial score (nSPS) is 21.5. The molecule has 1 aliphatic heterocycles. The smallest absolute Gasteiger partial charge is 0.166 e. The Hall–Kier alpha value is -1.23. The number of hydrogen-bond donors (Lipinski definition) is 0. The molecular formula is C14H17FO3S. The molecule has 0 amide bonds. The molecule has 0 spiro atoms. The summed E-state index contributed by atoms with van der Waals surface area (Å²) in [7, 11) is -3.00. The number of hydrogen-bond acceptors (Lipinski definition) is 3. The van der Waals surface area contributed by atoms with Crippen LogP contribution in [-0.4, -0.2) is 25.7 Å². The zero-order chi connectivity index (χ0) is 14.2. The first-order valence-electron chi connectivity index (χ1n) is 6.29. The number of Topliss-reactive ketones (excluding diaryl/α,β-unsaturated/α-hetero) is 1. The van der Waals surface area contributed by atoms with Crippen molar-refractivity contribution in [2.24, 2.45) is 5.92 Å². The van der Waals surface area contributed by atoms with Crippen molar-refractivity contribution in [2.75, 3.05) is 11.5 Å². The van der Waals surface area contributed by atoms with Crippen LogP contribution in [0.15, 0.2) is 12.1 Å². The molecule has 0 saturated carbocycles. The molecule has 0 N–H and O–H groups in total. The molecule has 1 aliphatic rings. The van der Waals surface area contributed by atoms with Gasteiger partial charge in [0.1, 0.15) is 5.82 Å². The lowest BCUT2D eigenvalue weighted by Gasteiger charge is -2.10. The molecule has 5 heteroatoms. The van der Waals surface area contributed by atoms with E-state index in [1.807, 2.05) is 0 Å². The maximum Gasteiger partial charge on any atom is 0.166 e. The molecule has 1 heterocycles. The summed E-state index contributed by atoms with van der Waals surface area (Å²) in [5.41, 5.74) is 1.49. The van der Waals surface area contributed by atoms with Crippen LogP contribution in [0.3, 0.4) is 0 Å². The minimum absolute atomic E-state index is 0.0469. The Kier molecular flexibility index (Phi) is 3.76. The van der Waals surface area contributed by atoms with Crippen LogP contribution in [0.4, 0.5) is 4.39 Å². The van der Waals surface area contributed by atoms with Crippen molar-refractivity contribution < 1.29 is 17.6 Å². The number of aryl methyl sites for hydroxylation is 2. The standard InChI is InChI=1S/C14H17FO3S/c1-9-5-10(2)14(12(15)6-9)13(16)7-11-3-4-19(17,18)8-11/h5-6,11H,3-4,7-8H2,1-2H3. The fourth-order valence-corrected chi connectivity index (χ4v) is 4.53. The van der Waals surface area contributed by atoms with Crippen molar-refractivity contribution in [3.8, 4) is 0 Å². The summed E-state index contributed by atoms with van der Waals surface area (Å²) < 4.78 is 36.6. The van der Waals surface area contributed by atoms with Gasteiger partial charge in [-0.15, -0.1) is 0 Å². The van der Waals surface area contributed by atoms with Gasteiger partial charge >= 0.3 is 0 Å². The molecular weight excluding hydrogens is 267 g/mol. The third-order valence-electron chi connectivity index (χ3n) is 3.51. The van der Waals surface area contributed by atoms with Gasteiger partial charge < -0.3 is 0 Å². The first kappa shape index (κ1) is 14.2. The fourth-order valence-electron chi connectivity index (χ4n) is 2.67. The summed E-state index contributed by atoms with van der Waals surface area (Å²) in [6, 6.07) is 3.10. The van der Waals surface area contributed by atoms with E-state index in [1.54, 1.807) is 19.9 Å². The van der Waals surface area contributed by atoms with Gasteiger partial charge in [-0.2, -0.15) is 0 Å². The SMILES string of the molecule is Cc1cc(C)c(C(=O)CC2CCS(=O)(=O)C2)c(F)c1. The predicted molar refractivity (Wildman–Crippen MR) is 71.6 cm³/mol. The molecule has 19 heavy (non-hydrogen) atoms. The molecule has 1 fully saturated rings. The van der Waals surface area contributed by atoms with E-state index in [9.17, 15) is 17.6 Å². The van der Waals surface area contributed by atoms with Gasteiger partial charge in [0.2, 0.25) is 0 Å². The zero-order valence-corrected chi connectivity index (χ0v) is 11.9. The lowest BCUT2D eigenvalue weighted by Crippen LogP contribution is -2.13. The lowest BCUT2D eigenvalue weighted by atomic mass is 9.94. The number of carbonyl (C=O) groups excluding carboxylic acids is 1. The molecule has 1 aromatic rings. The summed E-state index contributed by atoms with van der Waals surface area (Å²) >= 11 is 0. The van der Waals surface area contributed by atoms with Crippen LogP contribution in [0.2, 0.25) is 0 Å². The van der Waals surface area contributed by atoms with Crippen molar-refractivity contribution in [2.45, 2.75) is 26.7 Å². The molecule has 104 valence electrons. The number of carbonyl (C=O) groups is 1. The van der Waals surface area contributed by atoms with E-state index in [0.717, 1.165) is 5.56 Å². The molecule has 1 saturated heterocycles. The second kappa shape index (κ2) is 5.04. The summed E-state index contributed by atoms with van der Waals surface area (Å²) in [6.45, 7) is 3.47. The summed E-state index contributed by atoms with van der Waals surface area (Å²) in [5, 5.41) is 0. The summed E-state index contributed by atoms with van der Waals surface area (Å²) in [6.07, 6.45) is 0.612. The van der Waals surface area contributed by atoms with E-state index in [4.69, 9.17) is 0 Å². The van der Waals surface area contributed by atoms with Crippen LogP contribution in [-0.2, 0) is 9.84 Å². The first-order valence-corrected chi connectivity index (χ1v) is 8.11. The van der Waals surface area contributed by atoms with Gasteiger partial charge in [-0.25, -0.2) is 12.8 Å². The Morgan fingerprint density at radius 2 is 2.05 bits per heavy atom. The van der Waals surface area contributed by atoms with Crippen molar-refractivity contribution in [1.29, 1.82) is 0 Å². The minimum atomic E-state index is -3.00. The number of rotatable bonds is 3. The summed E-state index contributed by atoms with van der Waals surface area (Å²) in [5.74, 6) is -0.788. The van der Waals surface area contributed by atoms with E-state index in [1.165, 1.54) is 6.07 Å². The maximum absolute atomic E-state index is 13.8. The van der Waals surface area contributed by atoms with Crippen molar-refractivity contribution >= 4 is 15.6 Å². The number of ketones is 1. The Balaban J connectivity index is 2.18. The molecule has 0 bridgehead atoms. The van der Waals surface area contributed by atoms with Gasteiger partial charge in [-0.05, 0) is 43.4 Å². The van der Waals surface area contributed by atoms with E-state index < -0.39 is 15.7 Å². The van der Waals surface area contributed by atoms with E-state index in [-0.39, 0.29) is 35.2 Å². The maximum atomic E-state index is 13.8. The predicted octanol–water partition coefficient (Wildman–Crippen LogP) is 2.45. The van der Waals surface area contributed by atoms with Gasteiger partial charge in [0.05, 0.1) is 17.1 Å². The Morgan fingerprint density at radius 1 is 1.37 bits per heavy atom. The molecule has 0 radical (unpaired) electrons. The molecule has 1 atom stereocenters. The Labute approximate surface area is 112 Å². The highest BCUT2D eigenvalue weighted by atomic mass is 32.2. The zero-order valence-electron chi connectivity index (χ0n) is 11.1. The van der Waals surface area contributed by atoms with Crippen LogP contribution in [0, 0.1) is 25.6 Å². The van der Waals surface area contributed by atoms with Crippen LogP contribution < -0.4 is 0 Å². The van der Waals surface area contributed by atoms with E-state index in [0.29, 0.717) is 12.0 Å². The highest BCUT2D eigenvalue weighted by Gasteiger charge is 2.30. The monoisotopic (exact) mass is 284 g/mol. The average molecular weight is 284 g/mol. The molecule has 3 nitrogen and oxygen atoms in total. The van der Waals surface area contributed by atoms with Gasteiger partial charge in [-0.1, -0.05) is 6.07 Å². The molecule has 1 aromatic carbocycles. The van der Waals surface area contributed by atoms with Gasteiger partial charge in [-0.3, -0.25) is 4.79 Å². The van der Waals surface area contributed by atoms with Crippen LogP contribution >= 0.6 is 0 Å². The third kappa shape index (κ3) is 3.21. The van der Waals surface area contributed by atoms with Crippen molar-refractivity contribution in [1.82, 2.24) is 0 Å². The van der Waals surface area contributed by atoms with Gasteiger partial charge in [0, 0.05) is 6.42 Å². The molecule has 2 rings (SSSR count). The molecule has 0 aliphatic carbocycles. The largest absolute Gasteiger partial charge is 0.294 e. The van der Waals surface area contributed by atoms with Crippen LogP contribution in [0.25, 0.3) is 0 Å².